The van der Waals surface area contributed by atoms with Crippen molar-refractivity contribution < 1.29 is 0 Å². The van der Waals surface area contributed by atoms with Gasteiger partial charge < -0.3 is 5.32 Å². The maximum absolute atomic E-state index is 8.95. The highest BCUT2D eigenvalue weighted by Crippen LogP contribution is 2.17. The molecule has 1 N–H and O–H groups in total. The molecule has 0 saturated carbocycles. The summed E-state index contributed by atoms with van der Waals surface area (Å²) in [5, 5.41) is 12.5. The SMILES string of the molecule is CC(C)c1ccc(CNC(C)c2cccc(C#N)c2)cc1. The lowest BCUT2D eigenvalue weighted by molar-refractivity contribution is 0.574. The molecule has 0 saturated heterocycles. The van der Waals surface area contributed by atoms with Crippen molar-refractivity contribution in [1.29, 1.82) is 5.26 Å². The van der Waals surface area contributed by atoms with Crippen molar-refractivity contribution in [2.24, 2.45) is 0 Å². The lowest BCUT2D eigenvalue weighted by Crippen LogP contribution is -2.18. The van der Waals surface area contributed by atoms with E-state index in [-0.39, 0.29) is 6.04 Å². The van der Waals surface area contributed by atoms with Crippen molar-refractivity contribution in [1.82, 2.24) is 5.32 Å². The first-order valence-electron chi connectivity index (χ1n) is 7.42. The van der Waals surface area contributed by atoms with Crippen LogP contribution in [0.25, 0.3) is 0 Å². The van der Waals surface area contributed by atoms with Gasteiger partial charge in [0, 0.05) is 12.6 Å². The maximum atomic E-state index is 8.95. The van der Waals surface area contributed by atoms with E-state index < -0.39 is 0 Å². The zero-order valence-electron chi connectivity index (χ0n) is 12.9. The minimum Gasteiger partial charge on any atom is -0.306 e. The molecule has 0 aliphatic rings. The largest absolute Gasteiger partial charge is 0.306 e. The van der Waals surface area contributed by atoms with Gasteiger partial charge in [-0.05, 0) is 41.7 Å². The molecular weight excluding hydrogens is 256 g/mol. The van der Waals surface area contributed by atoms with Gasteiger partial charge in [0.1, 0.15) is 0 Å². The molecule has 2 rings (SSSR count). The Bertz CT molecular complexity index is 621. The topological polar surface area (TPSA) is 35.8 Å². The summed E-state index contributed by atoms with van der Waals surface area (Å²) in [6.07, 6.45) is 0. The molecular formula is C19H22N2. The van der Waals surface area contributed by atoms with Gasteiger partial charge in [0.05, 0.1) is 11.6 Å². The monoisotopic (exact) mass is 278 g/mol. The van der Waals surface area contributed by atoms with Gasteiger partial charge in [0.15, 0.2) is 0 Å². The fraction of sp³-hybridized carbons (Fsp3) is 0.316. The Hall–Kier alpha value is -2.11. The molecule has 108 valence electrons. The lowest BCUT2D eigenvalue weighted by Gasteiger charge is -2.15. The molecule has 2 aromatic carbocycles. The number of rotatable bonds is 5. The van der Waals surface area contributed by atoms with E-state index in [2.05, 4.69) is 62.5 Å². The van der Waals surface area contributed by atoms with Gasteiger partial charge in [0.25, 0.3) is 0 Å². The number of hydrogen-bond donors (Lipinski definition) is 1. The zero-order valence-corrected chi connectivity index (χ0v) is 12.9. The predicted molar refractivity (Wildman–Crippen MR) is 86.9 cm³/mol. The van der Waals surface area contributed by atoms with Crippen LogP contribution in [0.2, 0.25) is 0 Å². The van der Waals surface area contributed by atoms with Crippen LogP contribution in [0.5, 0.6) is 0 Å². The second-order valence-corrected chi connectivity index (χ2v) is 5.74. The van der Waals surface area contributed by atoms with Crippen molar-refractivity contribution in [3.63, 3.8) is 0 Å². The molecule has 0 heterocycles. The standard InChI is InChI=1S/C19H22N2/c1-14(2)18-9-7-16(8-10-18)13-21-15(3)19-6-4-5-17(11-19)12-20/h4-11,14-15,21H,13H2,1-3H3. The molecule has 0 radical (unpaired) electrons. The van der Waals surface area contributed by atoms with Crippen molar-refractivity contribution in [3.05, 3.63) is 70.8 Å². The molecule has 0 amide bonds. The summed E-state index contributed by atoms with van der Waals surface area (Å²) >= 11 is 0. The number of hydrogen-bond acceptors (Lipinski definition) is 2. The summed E-state index contributed by atoms with van der Waals surface area (Å²) in [5.74, 6) is 0.569. The van der Waals surface area contributed by atoms with Crippen molar-refractivity contribution in [3.8, 4) is 6.07 Å². The fourth-order valence-electron chi connectivity index (χ4n) is 2.29. The molecule has 1 unspecified atom stereocenters. The van der Waals surface area contributed by atoms with Crippen LogP contribution in [0.4, 0.5) is 0 Å². The van der Waals surface area contributed by atoms with Crippen LogP contribution in [0.15, 0.2) is 48.5 Å². The molecule has 0 bridgehead atoms. The predicted octanol–water partition coefficient (Wildman–Crippen LogP) is 4.53. The van der Waals surface area contributed by atoms with Crippen molar-refractivity contribution >= 4 is 0 Å². The Balaban J connectivity index is 1.97. The average molecular weight is 278 g/mol. The highest BCUT2D eigenvalue weighted by Gasteiger charge is 2.06. The smallest absolute Gasteiger partial charge is 0.0991 e. The highest BCUT2D eigenvalue weighted by atomic mass is 14.9. The van der Waals surface area contributed by atoms with Gasteiger partial charge in [-0.2, -0.15) is 5.26 Å². The minimum atomic E-state index is 0.225. The van der Waals surface area contributed by atoms with E-state index in [1.807, 2.05) is 18.2 Å². The van der Waals surface area contributed by atoms with Crippen LogP contribution in [-0.2, 0) is 6.54 Å². The molecule has 0 aliphatic heterocycles. The first-order valence-corrected chi connectivity index (χ1v) is 7.42. The van der Waals surface area contributed by atoms with Gasteiger partial charge in [0.2, 0.25) is 0 Å². The van der Waals surface area contributed by atoms with Crippen LogP contribution >= 0.6 is 0 Å². The number of benzene rings is 2. The zero-order chi connectivity index (χ0) is 15.2. The summed E-state index contributed by atoms with van der Waals surface area (Å²) in [7, 11) is 0. The van der Waals surface area contributed by atoms with Gasteiger partial charge >= 0.3 is 0 Å². The highest BCUT2D eigenvalue weighted by molar-refractivity contribution is 5.34. The second-order valence-electron chi connectivity index (χ2n) is 5.74. The van der Waals surface area contributed by atoms with Crippen LogP contribution < -0.4 is 5.32 Å². The van der Waals surface area contributed by atoms with E-state index >= 15 is 0 Å². The van der Waals surface area contributed by atoms with Crippen LogP contribution in [0, 0.1) is 11.3 Å². The van der Waals surface area contributed by atoms with E-state index in [0.29, 0.717) is 11.5 Å². The van der Waals surface area contributed by atoms with Gasteiger partial charge in [-0.15, -0.1) is 0 Å². The summed E-state index contributed by atoms with van der Waals surface area (Å²) in [4.78, 5) is 0. The van der Waals surface area contributed by atoms with E-state index in [4.69, 9.17) is 5.26 Å². The Morgan fingerprint density at radius 1 is 1.00 bits per heavy atom. The summed E-state index contributed by atoms with van der Waals surface area (Å²) < 4.78 is 0. The van der Waals surface area contributed by atoms with E-state index in [0.717, 1.165) is 12.1 Å². The van der Waals surface area contributed by atoms with Crippen LogP contribution in [0.1, 0.15) is 55.0 Å². The molecule has 0 fully saturated rings. The molecule has 1 atom stereocenters. The Morgan fingerprint density at radius 3 is 2.33 bits per heavy atom. The quantitative estimate of drug-likeness (QED) is 0.872. The Kier molecular flexibility index (Phi) is 5.14. The normalized spacial score (nSPS) is 12.1. The lowest BCUT2D eigenvalue weighted by atomic mass is 10.0. The molecule has 2 nitrogen and oxygen atoms in total. The van der Waals surface area contributed by atoms with E-state index in [1.165, 1.54) is 11.1 Å². The van der Waals surface area contributed by atoms with Crippen LogP contribution in [-0.4, -0.2) is 0 Å². The maximum Gasteiger partial charge on any atom is 0.0991 e. The average Bonchev–Trinajstić information content (AvgIpc) is 2.53. The van der Waals surface area contributed by atoms with Gasteiger partial charge in [-0.25, -0.2) is 0 Å². The number of nitrogens with one attached hydrogen (secondary N) is 1. The van der Waals surface area contributed by atoms with Crippen molar-refractivity contribution in [2.75, 3.05) is 0 Å². The fourth-order valence-corrected chi connectivity index (χ4v) is 2.29. The van der Waals surface area contributed by atoms with Crippen molar-refractivity contribution in [2.45, 2.75) is 39.3 Å². The first kappa shape index (κ1) is 15.3. The Morgan fingerprint density at radius 2 is 1.71 bits per heavy atom. The molecule has 0 aliphatic carbocycles. The number of nitriles is 1. The van der Waals surface area contributed by atoms with E-state index in [1.54, 1.807) is 0 Å². The first-order chi connectivity index (χ1) is 10.1. The molecule has 0 spiro atoms. The van der Waals surface area contributed by atoms with Gasteiger partial charge in [-0.1, -0.05) is 50.2 Å². The van der Waals surface area contributed by atoms with E-state index in [9.17, 15) is 0 Å². The summed E-state index contributed by atoms with van der Waals surface area (Å²) in [6.45, 7) is 7.37. The molecule has 21 heavy (non-hydrogen) atoms. The number of nitrogens with zero attached hydrogens (tertiary/aromatic N) is 1. The third-order valence-electron chi connectivity index (χ3n) is 3.77. The summed E-state index contributed by atoms with van der Waals surface area (Å²) in [6, 6.07) is 18.9. The second kappa shape index (κ2) is 7.06. The van der Waals surface area contributed by atoms with Gasteiger partial charge in [-0.3, -0.25) is 0 Å². The molecule has 2 aromatic rings. The summed E-state index contributed by atoms with van der Waals surface area (Å²) in [5.41, 5.74) is 4.51. The Labute approximate surface area is 127 Å². The van der Waals surface area contributed by atoms with Crippen LogP contribution in [0.3, 0.4) is 0 Å². The molecule has 2 heteroatoms. The third kappa shape index (κ3) is 4.18. The third-order valence-corrected chi connectivity index (χ3v) is 3.77. The minimum absolute atomic E-state index is 0.225. The molecule has 0 aromatic heterocycles.